The summed E-state index contributed by atoms with van der Waals surface area (Å²) < 4.78 is 2.25. The number of fused-ring (bicyclic) bond motifs is 1. The second-order valence-corrected chi connectivity index (χ2v) is 8.81. The summed E-state index contributed by atoms with van der Waals surface area (Å²) >= 11 is 0. The number of hydrogen-bond acceptors (Lipinski definition) is 2. The number of rotatable bonds is 6. The molecule has 1 atom stereocenters. The van der Waals surface area contributed by atoms with Gasteiger partial charge in [0.05, 0.1) is 23.5 Å². The number of aryl methyl sites for hydroxylation is 4. The van der Waals surface area contributed by atoms with Gasteiger partial charge in [0.25, 0.3) is 0 Å². The molecule has 0 bridgehead atoms. The highest BCUT2D eigenvalue weighted by atomic mass is 16.1. The maximum atomic E-state index is 12.8. The first-order chi connectivity index (χ1) is 15.3. The van der Waals surface area contributed by atoms with Gasteiger partial charge in [0, 0.05) is 6.54 Å². The topological polar surface area (TPSA) is 46.9 Å². The van der Waals surface area contributed by atoms with E-state index in [-0.39, 0.29) is 11.9 Å². The molecule has 3 aromatic carbocycles. The lowest BCUT2D eigenvalue weighted by atomic mass is 9.99. The van der Waals surface area contributed by atoms with E-state index in [0.717, 1.165) is 34.5 Å². The third-order valence-corrected chi connectivity index (χ3v) is 6.22. The molecule has 1 unspecified atom stereocenters. The van der Waals surface area contributed by atoms with Gasteiger partial charge in [-0.25, -0.2) is 4.98 Å². The zero-order valence-electron chi connectivity index (χ0n) is 19.6. The van der Waals surface area contributed by atoms with Gasteiger partial charge in [-0.15, -0.1) is 0 Å². The van der Waals surface area contributed by atoms with E-state index < -0.39 is 0 Å². The third kappa shape index (κ3) is 4.45. The van der Waals surface area contributed by atoms with Crippen molar-refractivity contribution in [2.24, 2.45) is 0 Å². The van der Waals surface area contributed by atoms with Gasteiger partial charge in [0.15, 0.2) is 0 Å². The Kier molecular flexibility index (Phi) is 6.13. The van der Waals surface area contributed by atoms with Crippen molar-refractivity contribution in [2.45, 2.75) is 53.6 Å². The average molecular weight is 426 g/mol. The van der Waals surface area contributed by atoms with Gasteiger partial charge in [-0.1, -0.05) is 54.1 Å². The van der Waals surface area contributed by atoms with Crippen molar-refractivity contribution in [3.63, 3.8) is 0 Å². The zero-order valence-corrected chi connectivity index (χ0v) is 19.6. The van der Waals surface area contributed by atoms with Gasteiger partial charge in [0.1, 0.15) is 5.82 Å². The van der Waals surface area contributed by atoms with E-state index in [1.165, 1.54) is 22.3 Å². The number of carbonyl (C=O) groups is 1. The number of para-hydroxylation sites is 2. The number of hydrogen-bond donors (Lipinski definition) is 1. The predicted octanol–water partition coefficient (Wildman–Crippen LogP) is 5.74. The smallest absolute Gasteiger partial charge is 0.225 e. The third-order valence-electron chi connectivity index (χ3n) is 6.22. The molecule has 1 N–H and O–H groups in total. The van der Waals surface area contributed by atoms with Crippen molar-refractivity contribution < 1.29 is 4.79 Å². The Balaban J connectivity index is 1.65. The predicted molar refractivity (Wildman–Crippen MR) is 131 cm³/mol. The fourth-order valence-corrected chi connectivity index (χ4v) is 4.55. The summed E-state index contributed by atoms with van der Waals surface area (Å²) in [6.07, 6.45) is 0.368. The van der Waals surface area contributed by atoms with E-state index in [4.69, 9.17) is 4.98 Å². The molecule has 1 amide bonds. The molecular weight excluding hydrogens is 394 g/mol. The lowest BCUT2D eigenvalue weighted by molar-refractivity contribution is -0.121. The summed E-state index contributed by atoms with van der Waals surface area (Å²) in [7, 11) is 0. The minimum Gasteiger partial charge on any atom is -0.346 e. The van der Waals surface area contributed by atoms with E-state index in [1.54, 1.807) is 0 Å². The zero-order chi connectivity index (χ0) is 22.8. The Bertz CT molecular complexity index is 1260. The van der Waals surface area contributed by atoms with Crippen LogP contribution in [0.25, 0.3) is 11.0 Å². The summed E-state index contributed by atoms with van der Waals surface area (Å²) in [5.74, 6) is 0.886. The Labute approximate surface area is 190 Å². The van der Waals surface area contributed by atoms with Crippen molar-refractivity contribution in [1.29, 1.82) is 0 Å². The van der Waals surface area contributed by atoms with Crippen LogP contribution in [0.4, 0.5) is 0 Å². The number of benzene rings is 3. The second-order valence-electron chi connectivity index (χ2n) is 8.81. The maximum Gasteiger partial charge on any atom is 0.225 e. The summed E-state index contributed by atoms with van der Waals surface area (Å²) in [5.41, 5.74) is 9.36. The number of aromatic nitrogens is 2. The maximum absolute atomic E-state index is 12.8. The molecule has 0 aliphatic carbocycles. The van der Waals surface area contributed by atoms with Crippen molar-refractivity contribution in [1.82, 2.24) is 14.9 Å². The van der Waals surface area contributed by atoms with Gasteiger partial charge in [0.2, 0.25) is 5.91 Å². The quantitative estimate of drug-likeness (QED) is 0.428. The van der Waals surface area contributed by atoms with Gasteiger partial charge in [-0.3, -0.25) is 4.79 Å². The summed E-state index contributed by atoms with van der Waals surface area (Å²) in [6.45, 7) is 11.3. The van der Waals surface area contributed by atoms with Crippen LogP contribution in [-0.4, -0.2) is 15.5 Å². The molecule has 0 aliphatic heterocycles. The van der Waals surface area contributed by atoms with E-state index >= 15 is 0 Å². The van der Waals surface area contributed by atoms with Crippen molar-refractivity contribution in [3.8, 4) is 0 Å². The van der Waals surface area contributed by atoms with Gasteiger partial charge >= 0.3 is 0 Å². The van der Waals surface area contributed by atoms with E-state index in [2.05, 4.69) is 48.9 Å². The number of nitrogens with one attached hydrogen (secondary N) is 1. The summed E-state index contributed by atoms with van der Waals surface area (Å²) in [6, 6.07) is 20.5. The van der Waals surface area contributed by atoms with E-state index in [0.29, 0.717) is 6.42 Å². The molecule has 0 fully saturated rings. The summed E-state index contributed by atoms with van der Waals surface area (Å²) in [5, 5.41) is 3.18. The molecule has 164 valence electrons. The fraction of sp³-hybridized carbons (Fsp3) is 0.286. The average Bonchev–Trinajstić information content (AvgIpc) is 3.11. The minimum absolute atomic E-state index is 0.00750. The lowest BCUT2D eigenvalue weighted by Gasteiger charge is -2.19. The van der Waals surface area contributed by atoms with Crippen LogP contribution in [-0.2, 0) is 17.8 Å². The molecule has 4 rings (SSSR count). The first kappa shape index (κ1) is 21.8. The highest BCUT2D eigenvalue weighted by Crippen LogP contribution is 2.25. The second kappa shape index (κ2) is 8.99. The SMILES string of the molecule is Cc1cc(C)c(Cn2c(C(C)NC(=O)Cc3ccccc3C)nc3ccccc32)c(C)c1. The van der Waals surface area contributed by atoms with Crippen LogP contribution >= 0.6 is 0 Å². The highest BCUT2D eigenvalue weighted by molar-refractivity contribution is 5.80. The van der Waals surface area contributed by atoms with E-state index in [1.807, 2.05) is 56.3 Å². The van der Waals surface area contributed by atoms with Gasteiger partial charge in [-0.2, -0.15) is 0 Å². The fourth-order valence-electron chi connectivity index (χ4n) is 4.55. The van der Waals surface area contributed by atoms with Crippen LogP contribution in [0.3, 0.4) is 0 Å². The molecule has 4 nitrogen and oxygen atoms in total. The largest absolute Gasteiger partial charge is 0.346 e. The number of amides is 1. The molecule has 0 radical (unpaired) electrons. The number of nitrogens with zero attached hydrogens (tertiary/aromatic N) is 2. The molecule has 4 heteroatoms. The summed E-state index contributed by atoms with van der Waals surface area (Å²) in [4.78, 5) is 17.7. The van der Waals surface area contributed by atoms with Crippen LogP contribution in [0.2, 0.25) is 0 Å². The van der Waals surface area contributed by atoms with Crippen LogP contribution in [0.5, 0.6) is 0 Å². The van der Waals surface area contributed by atoms with Crippen molar-refractivity contribution >= 4 is 16.9 Å². The van der Waals surface area contributed by atoms with Gasteiger partial charge < -0.3 is 9.88 Å². The molecule has 0 saturated carbocycles. The monoisotopic (exact) mass is 425 g/mol. The molecule has 0 saturated heterocycles. The number of imidazole rings is 1. The normalized spacial score (nSPS) is 12.2. The van der Waals surface area contributed by atoms with Crippen molar-refractivity contribution in [2.75, 3.05) is 0 Å². The molecule has 0 aliphatic rings. The first-order valence-electron chi connectivity index (χ1n) is 11.2. The molecule has 0 spiro atoms. The minimum atomic E-state index is -0.204. The Morgan fingerprint density at radius 1 is 0.938 bits per heavy atom. The molecular formula is C28H31N3O. The van der Waals surface area contributed by atoms with Crippen molar-refractivity contribution in [3.05, 3.63) is 99.9 Å². The Morgan fingerprint density at radius 3 is 2.31 bits per heavy atom. The lowest BCUT2D eigenvalue weighted by Crippen LogP contribution is -2.30. The number of carbonyl (C=O) groups excluding carboxylic acids is 1. The van der Waals surface area contributed by atoms with Crippen LogP contribution in [0.15, 0.2) is 60.7 Å². The Morgan fingerprint density at radius 2 is 1.59 bits per heavy atom. The van der Waals surface area contributed by atoms with Gasteiger partial charge in [-0.05, 0) is 74.6 Å². The highest BCUT2D eigenvalue weighted by Gasteiger charge is 2.20. The van der Waals surface area contributed by atoms with E-state index in [9.17, 15) is 4.79 Å². The van der Waals surface area contributed by atoms with Crippen LogP contribution < -0.4 is 5.32 Å². The molecule has 1 heterocycles. The van der Waals surface area contributed by atoms with Crippen LogP contribution in [0.1, 0.15) is 52.2 Å². The molecule has 1 aromatic heterocycles. The molecule has 4 aromatic rings. The first-order valence-corrected chi connectivity index (χ1v) is 11.2. The molecule has 32 heavy (non-hydrogen) atoms. The standard InChI is InChI=1S/C28H31N3O/c1-18-14-20(3)24(21(4)15-18)17-31-26-13-9-8-12-25(26)30-28(31)22(5)29-27(32)16-23-11-7-6-10-19(23)2/h6-15,22H,16-17H2,1-5H3,(H,29,32). The Hall–Kier alpha value is -3.40. The van der Waals surface area contributed by atoms with Crippen LogP contribution in [0, 0.1) is 27.7 Å².